The van der Waals surface area contributed by atoms with Gasteiger partial charge < -0.3 is 5.32 Å². The number of rotatable bonds is 8. The monoisotopic (exact) mass is 418 g/mol. The predicted molar refractivity (Wildman–Crippen MR) is 123 cm³/mol. The predicted octanol–water partition coefficient (Wildman–Crippen LogP) is 5.73. The molecule has 0 saturated heterocycles. The second kappa shape index (κ2) is 9.72. The van der Waals surface area contributed by atoms with E-state index >= 15 is 0 Å². The standard InChI is InChI=1S/C24H22N2OS2/c27-23(17-28-24-26-21-13-7-8-14-22(21)29-24)25-16-15-20(18-9-3-1-4-10-18)19-11-5-2-6-12-19/h1-14,20H,15-17H2,(H,25,27). The highest BCUT2D eigenvalue weighted by atomic mass is 32.2. The normalized spacial score (nSPS) is 11.1. The second-order valence-corrected chi connectivity index (χ2v) is 9.00. The Morgan fingerprint density at radius 3 is 2.17 bits per heavy atom. The summed E-state index contributed by atoms with van der Waals surface area (Å²) in [5.74, 6) is 0.713. The van der Waals surface area contributed by atoms with E-state index in [0.717, 1.165) is 21.0 Å². The van der Waals surface area contributed by atoms with Crippen molar-refractivity contribution >= 4 is 39.2 Å². The molecule has 3 nitrogen and oxygen atoms in total. The van der Waals surface area contributed by atoms with Crippen molar-refractivity contribution in [2.45, 2.75) is 16.7 Å². The van der Waals surface area contributed by atoms with E-state index in [9.17, 15) is 4.79 Å². The van der Waals surface area contributed by atoms with Crippen LogP contribution in [0.15, 0.2) is 89.3 Å². The Hall–Kier alpha value is -2.63. The van der Waals surface area contributed by atoms with Gasteiger partial charge >= 0.3 is 0 Å². The maximum atomic E-state index is 12.3. The number of benzene rings is 3. The zero-order valence-electron chi connectivity index (χ0n) is 16.0. The number of nitrogens with one attached hydrogen (secondary N) is 1. The quantitative estimate of drug-likeness (QED) is 0.372. The fourth-order valence-electron chi connectivity index (χ4n) is 3.34. The minimum Gasteiger partial charge on any atom is -0.355 e. The Bertz CT molecular complexity index is 991. The number of carbonyl (C=O) groups is 1. The van der Waals surface area contributed by atoms with Gasteiger partial charge in [0.1, 0.15) is 0 Å². The third kappa shape index (κ3) is 5.25. The number of thioether (sulfide) groups is 1. The average Bonchev–Trinajstić information content (AvgIpc) is 3.20. The lowest BCUT2D eigenvalue weighted by Gasteiger charge is -2.18. The van der Waals surface area contributed by atoms with Crippen molar-refractivity contribution in [2.75, 3.05) is 12.3 Å². The van der Waals surface area contributed by atoms with Gasteiger partial charge in [-0.25, -0.2) is 4.98 Å². The summed E-state index contributed by atoms with van der Waals surface area (Å²) in [6.07, 6.45) is 0.867. The number of fused-ring (bicyclic) bond motifs is 1. The van der Waals surface area contributed by atoms with Gasteiger partial charge in [0.15, 0.2) is 4.34 Å². The van der Waals surface area contributed by atoms with Crippen molar-refractivity contribution in [3.63, 3.8) is 0 Å². The van der Waals surface area contributed by atoms with E-state index in [4.69, 9.17) is 0 Å². The minimum atomic E-state index is 0.0501. The third-order valence-corrected chi connectivity index (χ3v) is 6.94. The zero-order chi connectivity index (χ0) is 19.9. The molecule has 3 aromatic carbocycles. The van der Waals surface area contributed by atoms with E-state index < -0.39 is 0 Å². The highest BCUT2D eigenvalue weighted by Gasteiger charge is 2.14. The summed E-state index contributed by atoms with van der Waals surface area (Å²) in [5, 5.41) is 3.07. The number of para-hydroxylation sites is 1. The summed E-state index contributed by atoms with van der Waals surface area (Å²) in [4.78, 5) is 16.9. The van der Waals surface area contributed by atoms with Crippen LogP contribution < -0.4 is 5.32 Å². The molecule has 1 N–H and O–H groups in total. The van der Waals surface area contributed by atoms with Gasteiger partial charge in [0.05, 0.1) is 16.0 Å². The van der Waals surface area contributed by atoms with Crippen LogP contribution >= 0.6 is 23.1 Å². The van der Waals surface area contributed by atoms with E-state index in [1.165, 1.54) is 22.9 Å². The topological polar surface area (TPSA) is 42.0 Å². The number of carbonyl (C=O) groups excluding carboxylic acids is 1. The molecule has 0 aliphatic carbocycles. The maximum absolute atomic E-state index is 12.3. The number of hydrogen-bond donors (Lipinski definition) is 1. The summed E-state index contributed by atoms with van der Waals surface area (Å²) < 4.78 is 2.09. The molecule has 0 saturated carbocycles. The first-order valence-corrected chi connectivity index (χ1v) is 11.4. The first-order chi connectivity index (χ1) is 14.3. The number of aromatic nitrogens is 1. The summed E-state index contributed by atoms with van der Waals surface area (Å²) >= 11 is 3.14. The molecule has 0 aliphatic heterocycles. The van der Waals surface area contributed by atoms with E-state index in [0.29, 0.717) is 12.3 Å². The van der Waals surface area contributed by atoms with Gasteiger partial charge in [-0.05, 0) is 29.7 Å². The molecule has 0 unspecified atom stereocenters. The van der Waals surface area contributed by atoms with Crippen molar-refractivity contribution in [1.82, 2.24) is 10.3 Å². The van der Waals surface area contributed by atoms with Crippen molar-refractivity contribution in [3.8, 4) is 0 Å². The molecule has 5 heteroatoms. The molecular formula is C24H22N2OS2. The lowest BCUT2D eigenvalue weighted by molar-refractivity contribution is -0.118. The molecule has 0 radical (unpaired) electrons. The van der Waals surface area contributed by atoms with E-state index in [1.807, 2.05) is 30.3 Å². The molecule has 1 amide bonds. The van der Waals surface area contributed by atoms with Gasteiger partial charge in [-0.15, -0.1) is 11.3 Å². The SMILES string of the molecule is O=C(CSc1nc2ccccc2s1)NCCC(c1ccccc1)c1ccccc1. The summed E-state index contributed by atoms with van der Waals surface area (Å²) in [6.45, 7) is 0.647. The van der Waals surface area contributed by atoms with Crippen LogP contribution in [0.3, 0.4) is 0 Å². The average molecular weight is 419 g/mol. The number of thiazole rings is 1. The Labute approximate surface area is 179 Å². The fourth-order valence-corrected chi connectivity index (χ4v) is 5.24. The Balaban J connectivity index is 1.32. The van der Waals surface area contributed by atoms with Crippen LogP contribution in [0.25, 0.3) is 10.2 Å². The van der Waals surface area contributed by atoms with Gasteiger partial charge in [0, 0.05) is 12.5 Å². The molecule has 29 heavy (non-hydrogen) atoms. The summed E-state index contributed by atoms with van der Waals surface area (Å²) in [6, 6.07) is 29.0. The van der Waals surface area contributed by atoms with Crippen LogP contribution in [-0.2, 0) is 4.79 Å². The van der Waals surface area contributed by atoms with Gasteiger partial charge in [-0.2, -0.15) is 0 Å². The molecule has 1 aromatic heterocycles. The fraction of sp³-hybridized carbons (Fsp3) is 0.167. The van der Waals surface area contributed by atoms with Crippen LogP contribution in [0.5, 0.6) is 0 Å². The molecule has 4 rings (SSSR count). The van der Waals surface area contributed by atoms with Crippen LogP contribution in [0.1, 0.15) is 23.5 Å². The molecule has 4 aromatic rings. The number of nitrogens with zero attached hydrogens (tertiary/aromatic N) is 1. The highest BCUT2D eigenvalue weighted by Crippen LogP contribution is 2.29. The second-order valence-electron chi connectivity index (χ2n) is 6.75. The van der Waals surface area contributed by atoms with Crippen molar-refractivity contribution in [3.05, 3.63) is 96.1 Å². The number of amides is 1. The van der Waals surface area contributed by atoms with E-state index in [1.54, 1.807) is 11.3 Å². The van der Waals surface area contributed by atoms with Crippen LogP contribution in [0, 0.1) is 0 Å². The Morgan fingerprint density at radius 2 is 1.52 bits per heavy atom. The molecule has 0 aliphatic rings. The Morgan fingerprint density at radius 1 is 0.897 bits per heavy atom. The molecule has 0 fully saturated rings. The van der Waals surface area contributed by atoms with Crippen molar-refractivity contribution < 1.29 is 4.79 Å². The van der Waals surface area contributed by atoms with Gasteiger partial charge in [-0.3, -0.25) is 4.79 Å². The van der Waals surface area contributed by atoms with E-state index in [-0.39, 0.29) is 11.8 Å². The first kappa shape index (κ1) is 19.7. The zero-order valence-corrected chi connectivity index (χ0v) is 17.6. The molecular weight excluding hydrogens is 396 g/mol. The molecule has 0 spiro atoms. The lowest BCUT2D eigenvalue weighted by Crippen LogP contribution is -2.27. The largest absolute Gasteiger partial charge is 0.355 e. The maximum Gasteiger partial charge on any atom is 0.230 e. The molecule has 0 bridgehead atoms. The Kier molecular flexibility index (Phi) is 6.60. The smallest absolute Gasteiger partial charge is 0.230 e. The number of hydrogen-bond acceptors (Lipinski definition) is 4. The molecule has 1 heterocycles. The van der Waals surface area contributed by atoms with Crippen LogP contribution in [0.2, 0.25) is 0 Å². The summed E-state index contributed by atoms with van der Waals surface area (Å²) in [5.41, 5.74) is 3.54. The van der Waals surface area contributed by atoms with Gasteiger partial charge in [0.25, 0.3) is 0 Å². The van der Waals surface area contributed by atoms with E-state index in [2.05, 4.69) is 64.9 Å². The van der Waals surface area contributed by atoms with Crippen LogP contribution in [0.4, 0.5) is 0 Å². The van der Waals surface area contributed by atoms with Crippen molar-refractivity contribution in [1.29, 1.82) is 0 Å². The highest BCUT2D eigenvalue weighted by molar-refractivity contribution is 8.01. The molecule has 146 valence electrons. The van der Waals surface area contributed by atoms with Crippen LogP contribution in [-0.4, -0.2) is 23.2 Å². The summed E-state index contributed by atoms with van der Waals surface area (Å²) in [7, 11) is 0. The van der Waals surface area contributed by atoms with Crippen molar-refractivity contribution in [2.24, 2.45) is 0 Å². The first-order valence-electron chi connectivity index (χ1n) is 9.64. The van der Waals surface area contributed by atoms with Gasteiger partial charge in [0.2, 0.25) is 5.91 Å². The third-order valence-electron chi connectivity index (χ3n) is 4.76. The van der Waals surface area contributed by atoms with Gasteiger partial charge in [-0.1, -0.05) is 84.6 Å². The minimum absolute atomic E-state index is 0.0501. The lowest BCUT2D eigenvalue weighted by atomic mass is 9.88. The molecule has 0 atom stereocenters.